The lowest BCUT2D eigenvalue weighted by molar-refractivity contribution is 0.247. The molecule has 0 amide bonds. The van der Waals surface area contributed by atoms with Crippen molar-refractivity contribution in [1.29, 1.82) is 0 Å². The summed E-state index contributed by atoms with van der Waals surface area (Å²) in [7, 11) is 1.77. The van der Waals surface area contributed by atoms with Crippen LogP contribution in [0.4, 0.5) is 0 Å². The zero-order valence-electron chi connectivity index (χ0n) is 15.1. The molecule has 0 bridgehead atoms. The summed E-state index contributed by atoms with van der Waals surface area (Å²) in [5.41, 5.74) is 5.54. The van der Waals surface area contributed by atoms with E-state index in [1.165, 1.54) is 43.8 Å². The van der Waals surface area contributed by atoms with Crippen molar-refractivity contribution in [2.75, 3.05) is 13.7 Å². The van der Waals surface area contributed by atoms with Crippen molar-refractivity contribution < 1.29 is 4.74 Å². The summed E-state index contributed by atoms with van der Waals surface area (Å²) in [4.78, 5) is 2.58. The van der Waals surface area contributed by atoms with Gasteiger partial charge in [-0.1, -0.05) is 35.9 Å². The van der Waals surface area contributed by atoms with Gasteiger partial charge in [0.15, 0.2) is 0 Å². The highest BCUT2D eigenvalue weighted by Gasteiger charge is 2.29. The molecule has 3 aromatic rings. The molecule has 0 saturated carbocycles. The summed E-state index contributed by atoms with van der Waals surface area (Å²) in [5, 5.41) is 5.54. The summed E-state index contributed by atoms with van der Waals surface area (Å²) in [5.74, 6) is 0.992. The van der Waals surface area contributed by atoms with Gasteiger partial charge in [0.05, 0.1) is 7.11 Å². The van der Waals surface area contributed by atoms with Crippen LogP contribution < -0.4 is 4.74 Å². The molecule has 3 aromatic carbocycles. The predicted molar refractivity (Wildman–Crippen MR) is 105 cm³/mol. The first-order valence-electron chi connectivity index (χ1n) is 9.09. The first-order valence-corrected chi connectivity index (χ1v) is 9.09. The fourth-order valence-electron chi connectivity index (χ4n) is 4.67. The van der Waals surface area contributed by atoms with Crippen molar-refractivity contribution in [3.8, 4) is 5.75 Å². The molecule has 0 saturated heterocycles. The van der Waals surface area contributed by atoms with E-state index in [0.29, 0.717) is 6.04 Å². The Kier molecular flexibility index (Phi) is 3.20. The number of methoxy groups -OCH3 is 1. The van der Waals surface area contributed by atoms with Gasteiger partial charge in [0.25, 0.3) is 0 Å². The van der Waals surface area contributed by atoms with Crippen LogP contribution in [-0.2, 0) is 13.0 Å². The Morgan fingerprint density at radius 3 is 2.64 bits per heavy atom. The minimum absolute atomic E-state index is 0.547. The molecule has 0 unspecified atom stereocenters. The number of rotatable bonds is 1. The molecular weight excluding hydrogens is 306 g/mol. The monoisotopic (exact) mass is 329 g/mol. The van der Waals surface area contributed by atoms with Crippen molar-refractivity contribution >= 4 is 21.5 Å². The third kappa shape index (κ3) is 2.14. The fraction of sp³-hybridized carbons (Fsp3) is 0.304. The predicted octanol–water partition coefficient (Wildman–Crippen LogP) is 4.91. The zero-order chi connectivity index (χ0) is 17.1. The summed E-state index contributed by atoms with van der Waals surface area (Å²) in [6, 6.07) is 12.0. The Hall–Kier alpha value is -2.32. The van der Waals surface area contributed by atoms with E-state index in [2.05, 4.69) is 61.2 Å². The lowest BCUT2D eigenvalue weighted by Gasteiger charge is -2.33. The smallest absolute Gasteiger partial charge is 0.122 e. The van der Waals surface area contributed by atoms with Crippen LogP contribution in [0.5, 0.6) is 5.75 Å². The highest BCUT2D eigenvalue weighted by molar-refractivity contribution is 6.11. The maximum absolute atomic E-state index is 5.64. The van der Waals surface area contributed by atoms with Gasteiger partial charge in [-0.2, -0.15) is 0 Å². The van der Waals surface area contributed by atoms with E-state index >= 15 is 0 Å². The number of hydrogen-bond donors (Lipinski definition) is 0. The highest BCUT2D eigenvalue weighted by atomic mass is 16.5. The second-order valence-corrected chi connectivity index (χ2v) is 7.50. The molecule has 0 fully saturated rings. The molecule has 2 heteroatoms. The lowest BCUT2D eigenvalue weighted by atomic mass is 9.84. The average molecular weight is 329 g/mol. The third-order valence-corrected chi connectivity index (χ3v) is 5.96. The van der Waals surface area contributed by atoms with Gasteiger partial charge in [-0.25, -0.2) is 0 Å². The minimum Gasteiger partial charge on any atom is -0.496 e. The quantitative estimate of drug-likeness (QED) is 0.464. The molecule has 1 atom stereocenters. The van der Waals surface area contributed by atoms with Crippen LogP contribution in [0.1, 0.15) is 22.3 Å². The standard InChI is InChI=1S/C23H23NO/c1-14-6-7-17-18(9-14)19-10-15(2)23(25-3)12-21(19)20-11-16-5-4-8-24(16)13-22(17)20/h4-7,9-10,12,16H,8,11,13H2,1-3H3/t16-/m1/s1. The maximum atomic E-state index is 5.64. The second kappa shape index (κ2) is 5.34. The van der Waals surface area contributed by atoms with Crippen LogP contribution in [0.3, 0.4) is 0 Å². The van der Waals surface area contributed by atoms with Gasteiger partial charge in [0, 0.05) is 19.1 Å². The molecule has 0 spiro atoms. The van der Waals surface area contributed by atoms with Crippen LogP contribution in [0.25, 0.3) is 21.5 Å². The van der Waals surface area contributed by atoms with Crippen molar-refractivity contribution in [1.82, 2.24) is 4.90 Å². The van der Waals surface area contributed by atoms with Gasteiger partial charge in [0.2, 0.25) is 0 Å². The van der Waals surface area contributed by atoms with E-state index in [1.54, 1.807) is 7.11 Å². The van der Waals surface area contributed by atoms with Crippen LogP contribution in [0.2, 0.25) is 0 Å². The number of hydrogen-bond acceptors (Lipinski definition) is 2. The molecule has 2 nitrogen and oxygen atoms in total. The number of aryl methyl sites for hydroxylation is 2. The topological polar surface area (TPSA) is 12.5 Å². The van der Waals surface area contributed by atoms with E-state index in [0.717, 1.165) is 25.3 Å². The molecule has 25 heavy (non-hydrogen) atoms. The molecule has 2 aliphatic heterocycles. The van der Waals surface area contributed by atoms with Gasteiger partial charge < -0.3 is 4.74 Å². The van der Waals surface area contributed by atoms with Crippen LogP contribution in [0.15, 0.2) is 42.5 Å². The molecule has 0 N–H and O–H groups in total. The SMILES string of the molecule is COc1cc2c3c(c4ccc(C)cc4c2cc1C)CN1CC=C[C@@H]1C3. The van der Waals surface area contributed by atoms with E-state index in [9.17, 15) is 0 Å². The Bertz CT molecular complexity index is 1050. The third-order valence-electron chi connectivity index (χ3n) is 5.96. The Morgan fingerprint density at radius 2 is 1.80 bits per heavy atom. The number of ether oxygens (including phenoxy) is 1. The van der Waals surface area contributed by atoms with E-state index in [-0.39, 0.29) is 0 Å². The molecule has 126 valence electrons. The second-order valence-electron chi connectivity index (χ2n) is 7.50. The van der Waals surface area contributed by atoms with E-state index < -0.39 is 0 Å². The maximum Gasteiger partial charge on any atom is 0.122 e. The van der Waals surface area contributed by atoms with Crippen LogP contribution >= 0.6 is 0 Å². The molecule has 0 radical (unpaired) electrons. The Labute approximate surface area is 148 Å². The zero-order valence-corrected chi connectivity index (χ0v) is 15.1. The molecule has 0 aromatic heterocycles. The van der Waals surface area contributed by atoms with Gasteiger partial charge >= 0.3 is 0 Å². The summed E-state index contributed by atoms with van der Waals surface area (Å²) < 4.78 is 5.64. The normalized spacial score (nSPS) is 19.4. The molecule has 2 aliphatic rings. The van der Waals surface area contributed by atoms with Gasteiger partial charge in [-0.05, 0) is 70.6 Å². The molecule has 2 heterocycles. The van der Waals surface area contributed by atoms with Gasteiger partial charge in [0.1, 0.15) is 5.75 Å². The largest absolute Gasteiger partial charge is 0.496 e. The number of benzene rings is 3. The van der Waals surface area contributed by atoms with E-state index in [4.69, 9.17) is 4.74 Å². The van der Waals surface area contributed by atoms with Crippen molar-refractivity contribution in [3.05, 3.63) is 64.7 Å². The average Bonchev–Trinajstić information content (AvgIpc) is 3.07. The summed E-state index contributed by atoms with van der Waals surface area (Å²) in [6.07, 6.45) is 5.79. The number of nitrogens with zero attached hydrogens (tertiary/aromatic N) is 1. The van der Waals surface area contributed by atoms with Crippen molar-refractivity contribution in [3.63, 3.8) is 0 Å². The molecular formula is C23H23NO. The van der Waals surface area contributed by atoms with Crippen molar-refractivity contribution in [2.45, 2.75) is 32.9 Å². The summed E-state index contributed by atoms with van der Waals surface area (Å²) >= 11 is 0. The highest BCUT2D eigenvalue weighted by Crippen LogP contribution is 2.41. The Morgan fingerprint density at radius 1 is 0.960 bits per heavy atom. The molecule has 0 aliphatic carbocycles. The Balaban J connectivity index is 1.91. The van der Waals surface area contributed by atoms with Crippen LogP contribution in [-0.4, -0.2) is 24.6 Å². The van der Waals surface area contributed by atoms with E-state index in [1.807, 2.05) is 0 Å². The minimum atomic E-state index is 0.547. The van der Waals surface area contributed by atoms with Crippen LogP contribution in [0, 0.1) is 13.8 Å². The summed E-state index contributed by atoms with van der Waals surface area (Å²) in [6.45, 7) is 6.44. The fourth-order valence-corrected chi connectivity index (χ4v) is 4.67. The van der Waals surface area contributed by atoms with Crippen molar-refractivity contribution in [2.24, 2.45) is 0 Å². The first kappa shape index (κ1) is 15.0. The van der Waals surface area contributed by atoms with Gasteiger partial charge in [-0.3, -0.25) is 4.90 Å². The lowest BCUT2D eigenvalue weighted by Crippen LogP contribution is -2.35. The van der Waals surface area contributed by atoms with Gasteiger partial charge in [-0.15, -0.1) is 0 Å². The number of fused-ring (bicyclic) bond motifs is 7. The molecule has 5 rings (SSSR count). The first-order chi connectivity index (χ1) is 12.2.